The van der Waals surface area contributed by atoms with Gasteiger partial charge >= 0.3 is 5.97 Å². The van der Waals surface area contributed by atoms with E-state index in [0.717, 1.165) is 0 Å². The van der Waals surface area contributed by atoms with E-state index < -0.39 is 0 Å². The molecule has 2 aromatic carbocycles. The topological polar surface area (TPSA) is 43.4 Å². The van der Waals surface area contributed by atoms with Gasteiger partial charge in [-0.15, -0.1) is 0 Å². The highest BCUT2D eigenvalue weighted by atomic mass is 35.5. The van der Waals surface area contributed by atoms with Gasteiger partial charge in [0.15, 0.2) is 5.78 Å². The molecule has 5 heteroatoms. The Bertz CT molecular complexity index is 696. The summed E-state index contributed by atoms with van der Waals surface area (Å²) >= 11 is 11.6. The molecule has 3 nitrogen and oxygen atoms in total. The Morgan fingerprint density at radius 3 is 2.39 bits per heavy atom. The van der Waals surface area contributed by atoms with Gasteiger partial charge in [0.1, 0.15) is 5.75 Å². The van der Waals surface area contributed by atoms with Crippen molar-refractivity contribution in [3.05, 3.63) is 64.1 Å². The predicted octanol–water partition coefficient (Wildman–Crippen LogP) is 5.20. The summed E-state index contributed by atoms with van der Waals surface area (Å²) in [5, 5.41) is 1.08. The van der Waals surface area contributed by atoms with Crippen molar-refractivity contribution in [2.45, 2.75) is 19.8 Å². The first kappa shape index (κ1) is 17.5. The Balaban J connectivity index is 1.86. The summed E-state index contributed by atoms with van der Waals surface area (Å²) in [4.78, 5) is 24.1. The number of rotatable bonds is 6. The van der Waals surface area contributed by atoms with Crippen LogP contribution in [0.4, 0.5) is 0 Å². The molecule has 0 fully saturated rings. The standard InChI is InChI=1S/C18H16Cl2O3/c1-12(18(22)23-16-4-2-3-15(20)11-16)5-10-17(21)13-6-8-14(19)9-7-13/h2-4,6-9,11-12H,5,10H2,1H3. The molecule has 0 heterocycles. The molecule has 1 unspecified atom stereocenters. The number of hydrogen-bond acceptors (Lipinski definition) is 3. The summed E-state index contributed by atoms with van der Waals surface area (Å²) in [6, 6.07) is 13.4. The van der Waals surface area contributed by atoms with Crippen LogP contribution in [0.15, 0.2) is 48.5 Å². The second kappa shape index (κ2) is 8.14. The molecule has 120 valence electrons. The molecule has 0 aliphatic carbocycles. The lowest BCUT2D eigenvalue weighted by Gasteiger charge is -2.11. The first-order valence-electron chi connectivity index (χ1n) is 7.22. The smallest absolute Gasteiger partial charge is 0.314 e. The Kier molecular flexibility index (Phi) is 6.20. The van der Waals surface area contributed by atoms with E-state index in [0.29, 0.717) is 27.8 Å². The molecule has 0 bridgehead atoms. The molecule has 0 saturated carbocycles. The molecule has 1 atom stereocenters. The number of esters is 1. The van der Waals surface area contributed by atoms with E-state index in [-0.39, 0.29) is 24.1 Å². The number of carbonyl (C=O) groups is 2. The zero-order valence-corrected chi connectivity index (χ0v) is 14.1. The molecule has 23 heavy (non-hydrogen) atoms. The second-order valence-corrected chi connectivity index (χ2v) is 6.12. The van der Waals surface area contributed by atoms with Gasteiger partial charge in [-0.1, -0.05) is 36.2 Å². The predicted molar refractivity (Wildman–Crippen MR) is 91.3 cm³/mol. The average Bonchev–Trinajstić information content (AvgIpc) is 2.53. The Morgan fingerprint density at radius 2 is 1.74 bits per heavy atom. The largest absolute Gasteiger partial charge is 0.426 e. The van der Waals surface area contributed by atoms with Crippen LogP contribution in [0.25, 0.3) is 0 Å². The number of carbonyl (C=O) groups excluding carboxylic acids is 2. The van der Waals surface area contributed by atoms with Gasteiger partial charge < -0.3 is 4.74 Å². The number of benzene rings is 2. The lowest BCUT2D eigenvalue weighted by Crippen LogP contribution is -2.18. The molecule has 0 N–H and O–H groups in total. The third-order valence-electron chi connectivity index (χ3n) is 3.39. The van der Waals surface area contributed by atoms with E-state index in [1.807, 2.05) is 0 Å². The van der Waals surface area contributed by atoms with Crippen LogP contribution in [-0.2, 0) is 4.79 Å². The lowest BCUT2D eigenvalue weighted by atomic mass is 10.00. The van der Waals surface area contributed by atoms with Crippen molar-refractivity contribution in [2.24, 2.45) is 5.92 Å². The normalized spacial score (nSPS) is 11.8. The van der Waals surface area contributed by atoms with Crippen LogP contribution >= 0.6 is 23.2 Å². The van der Waals surface area contributed by atoms with Crippen molar-refractivity contribution >= 4 is 35.0 Å². The summed E-state index contributed by atoms with van der Waals surface area (Å²) in [6.45, 7) is 1.74. The monoisotopic (exact) mass is 350 g/mol. The Morgan fingerprint density at radius 1 is 1.04 bits per heavy atom. The number of hydrogen-bond donors (Lipinski definition) is 0. The first-order valence-corrected chi connectivity index (χ1v) is 7.97. The van der Waals surface area contributed by atoms with Gasteiger partial charge in [0.05, 0.1) is 5.92 Å². The van der Waals surface area contributed by atoms with Gasteiger partial charge in [-0.05, 0) is 48.9 Å². The van der Waals surface area contributed by atoms with E-state index in [1.54, 1.807) is 55.5 Å². The molecule has 0 aromatic heterocycles. The highest BCUT2D eigenvalue weighted by Gasteiger charge is 2.17. The fraction of sp³-hybridized carbons (Fsp3) is 0.222. The average molecular weight is 351 g/mol. The number of ketones is 1. The van der Waals surface area contributed by atoms with Gasteiger partial charge in [0, 0.05) is 22.0 Å². The van der Waals surface area contributed by atoms with E-state index >= 15 is 0 Å². The molecular formula is C18H16Cl2O3. The molecular weight excluding hydrogens is 335 g/mol. The van der Waals surface area contributed by atoms with Crippen molar-refractivity contribution in [3.63, 3.8) is 0 Å². The highest BCUT2D eigenvalue weighted by Crippen LogP contribution is 2.20. The number of halogens is 2. The minimum atomic E-state index is -0.384. The van der Waals surface area contributed by atoms with Crippen LogP contribution in [0, 0.1) is 5.92 Å². The summed E-state index contributed by atoms with van der Waals surface area (Å²) in [5.74, 6) is -0.385. The van der Waals surface area contributed by atoms with Gasteiger partial charge in [-0.25, -0.2) is 0 Å². The fourth-order valence-electron chi connectivity index (χ4n) is 1.99. The molecule has 0 saturated heterocycles. The Labute approximate surface area is 145 Å². The first-order chi connectivity index (χ1) is 11.0. The van der Waals surface area contributed by atoms with Crippen LogP contribution in [0.5, 0.6) is 5.75 Å². The summed E-state index contributed by atoms with van der Waals surface area (Å²) in [5.41, 5.74) is 0.588. The van der Waals surface area contributed by atoms with Crippen molar-refractivity contribution in [1.29, 1.82) is 0 Å². The summed E-state index contributed by atoms with van der Waals surface area (Å²) in [7, 11) is 0. The maximum Gasteiger partial charge on any atom is 0.314 e. The van der Waals surface area contributed by atoms with Crippen molar-refractivity contribution in [2.75, 3.05) is 0 Å². The number of Topliss-reactive ketones (excluding diaryl/α,β-unsaturated/α-hetero) is 1. The molecule has 0 spiro atoms. The zero-order valence-electron chi connectivity index (χ0n) is 12.6. The third kappa shape index (κ3) is 5.38. The van der Waals surface area contributed by atoms with Crippen LogP contribution in [0.2, 0.25) is 10.0 Å². The van der Waals surface area contributed by atoms with Gasteiger partial charge in [-0.2, -0.15) is 0 Å². The molecule has 0 amide bonds. The number of ether oxygens (including phenoxy) is 1. The van der Waals surface area contributed by atoms with Crippen LogP contribution in [-0.4, -0.2) is 11.8 Å². The minimum Gasteiger partial charge on any atom is -0.426 e. The molecule has 2 rings (SSSR count). The molecule has 2 aromatic rings. The fourth-order valence-corrected chi connectivity index (χ4v) is 2.30. The van der Waals surface area contributed by atoms with Crippen LogP contribution < -0.4 is 4.74 Å². The van der Waals surface area contributed by atoms with Crippen molar-refractivity contribution in [3.8, 4) is 5.75 Å². The van der Waals surface area contributed by atoms with Crippen LogP contribution in [0.1, 0.15) is 30.1 Å². The van der Waals surface area contributed by atoms with E-state index in [2.05, 4.69) is 0 Å². The van der Waals surface area contributed by atoms with Gasteiger partial charge in [0.2, 0.25) is 0 Å². The molecule has 0 radical (unpaired) electrons. The lowest BCUT2D eigenvalue weighted by molar-refractivity contribution is -0.138. The van der Waals surface area contributed by atoms with E-state index in [4.69, 9.17) is 27.9 Å². The summed E-state index contributed by atoms with van der Waals surface area (Å²) in [6.07, 6.45) is 0.689. The summed E-state index contributed by atoms with van der Waals surface area (Å²) < 4.78 is 5.26. The van der Waals surface area contributed by atoms with E-state index in [1.165, 1.54) is 0 Å². The quantitative estimate of drug-likeness (QED) is 0.408. The zero-order chi connectivity index (χ0) is 16.8. The second-order valence-electron chi connectivity index (χ2n) is 5.25. The van der Waals surface area contributed by atoms with Crippen LogP contribution in [0.3, 0.4) is 0 Å². The van der Waals surface area contributed by atoms with Gasteiger partial charge in [0.25, 0.3) is 0 Å². The third-order valence-corrected chi connectivity index (χ3v) is 3.87. The SMILES string of the molecule is CC(CCC(=O)c1ccc(Cl)cc1)C(=O)Oc1cccc(Cl)c1. The maximum atomic E-state index is 12.1. The minimum absolute atomic E-state index is 0.0240. The molecule has 0 aliphatic heterocycles. The molecule has 0 aliphatic rings. The van der Waals surface area contributed by atoms with Crippen molar-refractivity contribution < 1.29 is 14.3 Å². The highest BCUT2D eigenvalue weighted by molar-refractivity contribution is 6.31. The Hall–Kier alpha value is -1.84. The van der Waals surface area contributed by atoms with Crippen molar-refractivity contribution in [1.82, 2.24) is 0 Å². The maximum absolute atomic E-state index is 12.1. The van der Waals surface area contributed by atoms with Gasteiger partial charge in [-0.3, -0.25) is 9.59 Å². The van der Waals surface area contributed by atoms with E-state index in [9.17, 15) is 9.59 Å².